The van der Waals surface area contributed by atoms with Gasteiger partial charge in [0, 0.05) is 11.1 Å². The number of aliphatic hydroxyl groups is 1. The molecule has 3 N–H and O–H groups in total. The van der Waals surface area contributed by atoms with E-state index in [1.165, 1.54) is 6.07 Å². The predicted octanol–water partition coefficient (Wildman–Crippen LogP) is 0.871. The summed E-state index contributed by atoms with van der Waals surface area (Å²) in [4.78, 5) is 10.8. The van der Waals surface area contributed by atoms with Gasteiger partial charge in [0.1, 0.15) is 6.04 Å². The van der Waals surface area contributed by atoms with Crippen LogP contribution in [-0.2, 0) is 14.8 Å². The van der Waals surface area contributed by atoms with Crippen LogP contribution in [0.4, 0.5) is 0 Å². The molecule has 1 unspecified atom stereocenters. The third kappa shape index (κ3) is 4.27. The lowest BCUT2D eigenvalue weighted by Crippen LogP contribution is -2.41. The first-order valence-electron chi connectivity index (χ1n) is 5.40. The first-order valence-corrected chi connectivity index (χ1v) is 7.67. The minimum atomic E-state index is -3.96. The second-order valence-electron chi connectivity index (χ2n) is 3.96. The molecule has 0 aliphatic heterocycles. The minimum Gasteiger partial charge on any atom is -0.480 e. The zero-order valence-corrected chi connectivity index (χ0v) is 12.5. The molecule has 1 atom stereocenters. The Labute approximate surface area is 119 Å². The number of carboxylic acid groups (broad SMARTS) is 1. The molecule has 0 fully saturated rings. The summed E-state index contributed by atoms with van der Waals surface area (Å²) in [7, 11) is -3.96. The third-order valence-electron chi connectivity index (χ3n) is 2.39. The van der Waals surface area contributed by atoms with Crippen LogP contribution in [0.1, 0.15) is 12.0 Å². The summed E-state index contributed by atoms with van der Waals surface area (Å²) in [5, 5.41) is 17.6. The van der Waals surface area contributed by atoms with Gasteiger partial charge in [-0.3, -0.25) is 4.79 Å². The largest absolute Gasteiger partial charge is 0.480 e. The van der Waals surface area contributed by atoms with Gasteiger partial charge in [-0.05, 0) is 47.0 Å². The van der Waals surface area contributed by atoms with Crippen LogP contribution in [0.2, 0.25) is 0 Å². The van der Waals surface area contributed by atoms with Gasteiger partial charge in [0.2, 0.25) is 10.0 Å². The zero-order valence-electron chi connectivity index (χ0n) is 10.1. The Morgan fingerprint density at radius 2 is 2.11 bits per heavy atom. The van der Waals surface area contributed by atoms with Crippen LogP contribution < -0.4 is 4.72 Å². The number of carboxylic acids is 1. The van der Waals surface area contributed by atoms with E-state index in [1.807, 2.05) is 0 Å². The molecule has 6 nitrogen and oxygen atoms in total. The van der Waals surface area contributed by atoms with E-state index in [2.05, 4.69) is 20.7 Å². The maximum absolute atomic E-state index is 12.1. The van der Waals surface area contributed by atoms with Crippen molar-refractivity contribution in [2.24, 2.45) is 0 Å². The minimum absolute atomic E-state index is 0.0395. The van der Waals surface area contributed by atoms with Gasteiger partial charge in [-0.2, -0.15) is 4.72 Å². The molecule has 1 aromatic rings. The van der Waals surface area contributed by atoms with Crippen LogP contribution in [0.3, 0.4) is 0 Å². The van der Waals surface area contributed by atoms with E-state index in [-0.39, 0.29) is 11.3 Å². The molecule has 0 aliphatic rings. The topological polar surface area (TPSA) is 104 Å². The summed E-state index contributed by atoms with van der Waals surface area (Å²) in [6, 6.07) is 3.26. The molecule has 0 amide bonds. The molecule has 0 aromatic heterocycles. The maximum atomic E-state index is 12.1. The average molecular weight is 352 g/mol. The fraction of sp³-hybridized carbons (Fsp3) is 0.364. The fourth-order valence-corrected chi connectivity index (χ4v) is 3.85. The summed E-state index contributed by atoms with van der Waals surface area (Å²) < 4.78 is 26.5. The van der Waals surface area contributed by atoms with E-state index in [9.17, 15) is 13.2 Å². The van der Waals surface area contributed by atoms with E-state index in [0.717, 1.165) is 5.56 Å². The lowest BCUT2D eigenvalue weighted by atomic mass is 10.2. The molecule has 19 heavy (non-hydrogen) atoms. The second-order valence-corrected chi connectivity index (χ2v) is 6.50. The van der Waals surface area contributed by atoms with Crippen LogP contribution >= 0.6 is 15.9 Å². The number of rotatable bonds is 6. The van der Waals surface area contributed by atoms with Crippen molar-refractivity contribution >= 4 is 31.9 Å². The van der Waals surface area contributed by atoms with Crippen LogP contribution in [0, 0.1) is 6.92 Å². The number of hydrogen-bond acceptors (Lipinski definition) is 4. The lowest BCUT2D eigenvalue weighted by molar-refractivity contribution is -0.139. The van der Waals surface area contributed by atoms with E-state index in [4.69, 9.17) is 10.2 Å². The van der Waals surface area contributed by atoms with Gasteiger partial charge in [0.05, 0.1) is 4.90 Å². The zero-order chi connectivity index (χ0) is 14.6. The fourth-order valence-electron chi connectivity index (χ4n) is 1.44. The molecule has 106 valence electrons. The quantitative estimate of drug-likeness (QED) is 0.705. The first-order chi connectivity index (χ1) is 8.77. The number of halogens is 1. The average Bonchev–Trinajstić information content (AvgIpc) is 2.27. The molecule has 0 saturated heterocycles. The number of aryl methyl sites for hydroxylation is 1. The molecule has 1 aromatic carbocycles. The molecule has 0 radical (unpaired) electrons. The van der Waals surface area contributed by atoms with Gasteiger partial charge in [-0.25, -0.2) is 8.42 Å². The Kier molecular flexibility index (Phi) is 5.48. The van der Waals surface area contributed by atoms with Crippen molar-refractivity contribution in [1.82, 2.24) is 4.72 Å². The normalized spacial score (nSPS) is 13.2. The Hall–Kier alpha value is -0.960. The van der Waals surface area contributed by atoms with E-state index < -0.39 is 28.6 Å². The Bertz CT molecular complexity index is 572. The predicted molar refractivity (Wildman–Crippen MR) is 72.3 cm³/mol. The summed E-state index contributed by atoms with van der Waals surface area (Å²) >= 11 is 3.13. The Balaban J connectivity index is 3.06. The van der Waals surface area contributed by atoms with Crippen LogP contribution in [0.15, 0.2) is 27.6 Å². The molecule has 0 bridgehead atoms. The highest BCUT2D eigenvalue weighted by Crippen LogP contribution is 2.23. The summed E-state index contributed by atoms with van der Waals surface area (Å²) in [6.45, 7) is 1.38. The number of carbonyl (C=O) groups is 1. The van der Waals surface area contributed by atoms with E-state index in [1.54, 1.807) is 19.1 Å². The Morgan fingerprint density at radius 3 is 2.58 bits per heavy atom. The smallest absolute Gasteiger partial charge is 0.321 e. The maximum Gasteiger partial charge on any atom is 0.321 e. The van der Waals surface area contributed by atoms with Crippen molar-refractivity contribution in [2.75, 3.05) is 6.61 Å². The Morgan fingerprint density at radius 1 is 1.47 bits per heavy atom. The highest BCUT2D eigenvalue weighted by atomic mass is 79.9. The van der Waals surface area contributed by atoms with Gasteiger partial charge in [-0.15, -0.1) is 0 Å². The van der Waals surface area contributed by atoms with Crippen LogP contribution in [0.5, 0.6) is 0 Å². The first kappa shape index (κ1) is 16.1. The molecule has 0 heterocycles. The summed E-state index contributed by atoms with van der Waals surface area (Å²) in [5.41, 5.74) is 0.871. The van der Waals surface area contributed by atoms with Crippen molar-refractivity contribution in [2.45, 2.75) is 24.3 Å². The molecule has 0 aliphatic carbocycles. The van der Waals surface area contributed by atoms with Gasteiger partial charge in [0.25, 0.3) is 0 Å². The highest BCUT2D eigenvalue weighted by Gasteiger charge is 2.26. The number of hydrogen-bond donors (Lipinski definition) is 3. The summed E-state index contributed by atoms with van der Waals surface area (Å²) in [6.07, 6.45) is -0.196. The number of nitrogens with one attached hydrogen (secondary N) is 1. The van der Waals surface area contributed by atoms with Crippen molar-refractivity contribution in [3.8, 4) is 0 Å². The van der Waals surface area contributed by atoms with Gasteiger partial charge in [0.15, 0.2) is 0 Å². The molecule has 0 saturated carbocycles. The molecular formula is C11H14BrNO5S. The van der Waals surface area contributed by atoms with Crippen LogP contribution in [-0.4, -0.2) is 37.2 Å². The van der Waals surface area contributed by atoms with Crippen molar-refractivity contribution < 1.29 is 23.4 Å². The number of benzene rings is 1. The van der Waals surface area contributed by atoms with Crippen molar-refractivity contribution in [3.05, 3.63) is 28.2 Å². The van der Waals surface area contributed by atoms with Crippen molar-refractivity contribution in [1.29, 1.82) is 0 Å². The highest BCUT2D eigenvalue weighted by molar-refractivity contribution is 9.10. The number of aliphatic hydroxyl groups excluding tert-OH is 1. The van der Waals surface area contributed by atoms with Gasteiger partial charge >= 0.3 is 5.97 Å². The molecular weight excluding hydrogens is 338 g/mol. The van der Waals surface area contributed by atoms with E-state index in [0.29, 0.717) is 4.47 Å². The van der Waals surface area contributed by atoms with E-state index >= 15 is 0 Å². The molecule has 0 spiro atoms. The second kappa shape index (κ2) is 6.47. The molecule has 8 heteroatoms. The summed E-state index contributed by atoms with van der Waals surface area (Å²) in [5.74, 6) is -1.33. The van der Waals surface area contributed by atoms with Gasteiger partial charge < -0.3 is 10.2 Å². The lowest BCUT2D eigenvalue weighted by Gasteiger charge is -2.14. The standard InChI is InChI=1S/C11H14BrNO5S/c1-7-2-3-10(8(12)6-7)19(17,18)13-9(4-5-14)11(15)16/h2-3,6,9,13-14H,4-5H2,1H3,(H,15,16). The molecule has 1 rings (SSSR count). The number of sulfonamides is 1. The monoisotopic (exact) mass is 351 g/mol. The third-order valence-corrected chi connectivity index (χ3v) is 4.84. The van der Waals surface area contributed by atoms with Gasteiger partial charge in [-0.1, -0.05) is 6.07 Å². The SMILES string of the molecule is Cc1ccc(S(=O)(=O)NC(CCO)C(=O)O)c(Br)c1. The van der Waals surface area contributed by atoms with Crippen molar-refractivity contribution in [3.63, 3.8) is 0 Å². The number of aliphatic carboxylic acids is 1. The van der Waals surface area contributed by atoms with Crippen LogP contribution in [0.25, 0.3) is 0 Å².